The van der Waals surface area contributed by atoms with E-state index in [1.165, 1.54) is 10.4 Å². The highest BCUT2D eigenvalue weighted by Gasteiger charge is 2.16. The number of piperazine rings is 1. The zero-order chi connectivity index (χ0) is 13.9. The van der Waals surface area contributed by atoms with Crippen LogP contribution in [0.4, 0.5) is 0 Å². The third-order valence-electron chi connectivity index (χ3n) is 3.48. The molecule has 1 N–H and O–H groups in total. The first kappa shape index (κ1) is 16.9. The molecule has 114 valence electrons. The Labute approximate surface area is 144 Å². The molecule has 6 heteroatoms. The van der Waals surface area contributed by atoms with Gasteiger partial charge in [0, 0.05) is 53.3 Å². The molecule has 0 aliphatic carbocycles. The van der Waals surface area contributed by atoms with Crippen LogP contribution in [0.2, 0.25) is 0 Å². The number of aromatic nitrogens is 1. The molecule has 1 aromatic heterocycles. The standard InChI is InChI=1S/C15H18BrN3S.ClH/c1-11-9-19(7-6-17-11)10-14-8-18-15(20-14)12-2-4-13(16)5-3-12;/h2-5,8,11,17H,6-7,9-10H2,1H3;1H/t11-;/m0./s1. The molecule has 1 aliphatic heterocycles. The maximum Gasteiger partial charge on any atom is 0.123 e. The van der Waals surface area contributed by atoms with E-state index in [0.717, 1.165) is 35.7 Å². The number of thiazole rings is 1. The quantitative estimate of drug-likeness (QED) is 0.867. The van der Waals surface area contributed by atoms with Gasteiger partial charge >= 0.3 is 0 Å². The Morgan fingerprint density at radius 2 is 2.14 bits per heavy atom. The van der Waals surface area contributed by atoms with Crippen molar-refractivity contribution in [2.24, 2.45) is 0 Å². The Kier molecular flexibility index (Phi) is 6.20. The summed E-state index contributed by atoms with van der Waals surface area (Å²) in [5.41, 5.74) is 1.19. The molecule has 1 aromatic carbocycles. The highest BCUT2D eigenvalue weighted by atomic mass is 79.9. The third kappa shape index (κ3) is 4.50. The van der Waals surface area contributed by atoms with Crippen molar-refractivity contribution in [1.29, 1.82) is 0 Å². The van der Waals surface area contributed by atoms with Crippen LogP contribution in [-0.2, 0) is 6.54 Å². The zero-order valence-corrected chi connectivity index (χ0v) is 15.1. The number of nitrogens with one attached hydrogen (secondary N) is 1. The first-order valence-corrected chi connectivity index (χ1v) is 8.48. The minimum Gasteiger partial charge on any atom is -0.312 e. The van der Waals surface area contributed by atoms with Crippen LogP contribution in [0.5, 0.6) is 0 Å². The molecule has 0 unspecified atom stereocenters. The zero-order valence-electron chi connectivity index (χ0n) is 11.9. The largest absolute Gasteiger partial charge is 0.312 e. The van der Waals surface area contributed by atoms with Gasteiger partial charge in [0.05, 0.1) is 0 Å². The van der Waals surface area contributed by atoms with Gasteiger partial charge < -0.3 is 5.32 Å². The molecule has 3 rings (SSSR count). The molecule has 1 saturated heterocycles. The second-order valence-corrected chi connectivity index (χ2v) is 7.26. The Hall–Kier alpha value is -0.460. The maximum atomic E-state index is 4.56. The van der Waals surface area contributed by atoms with E-state index in [1.807, 2.05) is 6.20 Å². The fourth-order valence-electron chi connectivity index (χ4n) is 2.48. The lowest BCUT2D eigenvalue weighted by molar-refractivity contribution is 0.201. The molecule has 1 fully saturated rings. The average molecular weight is 389 g/mol. The van der Waals surface area contributed by atoms with Gasteiger partial charge in [0.25, 0.3) is 0 Å². The summed E-state index contributed by atoms with van der Waals surface area (Å²) in [6.07, 6.45) is 2.02. The molecule has 0 amide bonds. The van der Waals surface area contributed by atoms with Crippen LogP contribution < -0.4 is 5.32 Å². The molecule has 1 aliphatic rings. The van der Waals surface area contributed by atoms with E-state index in [4.69, 9.17) is 0 Å². The predicted molar refractivity (Wildman–Crippen MR) is 95.2 cm³/mol. The molecule has 1 atom stereocenters. The molecule has 3 nitrogen and oxygen atoms in total. The Morgan fingerprint density at radius 3 is 2.86 bits per heavy atom. The average Bonchev–Trinajstić information content (AvgIpc) is 2.88. The van der Waals surface area contributed by atoms with Crippen LogP contribution in [0.3, 0.4) is 0 Å². The van der Waals surface area contributed by atoms with Gasteiger partial charge in [-0.3, -0.25) is 4.90 Å². The van der Waals surface area contributed by atoms with E-state index in [1.54, 1.807) is 11.3 Å². The van der Waals surface area contributed by atoms with Gasteiger partial charge in [0.15, 0.2) is 0 Å². The Balaban J connectivity index is 0.00000161. The number of rotatable bonds is 3. The van der Waals surface area contributed by atoms with Crippen LogP contribution in [0, 0.1) is 0 Å². The Morgan fingerprint density at radius 1 is 1.38 bits per heavy atom. The second-order valence-electron chi connectivity index (χ2n) is 5.23. The smallest absolute Gasteiger partial charge is 0.123 e. The SMILES string of the molecule is C[C@H]1CN(Cc2cnc(-c3ccc(Br)cc3)s2)CCN1.Cl. The number of nitrogens with zero attached hydrogens (tertiary/aromatic N) is 2. The first-order valence-electron chi connectivity index (χ1n) is 6.87. The number of halogens is 2. The van der Waals surface area contributed by atoms with Crippen molar-refractivity contribution in [2.75, 3.05) is 19.6 Å². The van der Waals surface area contributed by atoms with Gasteiger partial charge in [-0.1, -0.05) is 28.1 Å². The molecular weight excluding hydrogens is 370 g/mol. The monoisotopic (exact) mass is 387 g/mol. The van der Waals surface area contributed by atoms with Gasteiger partial charge in [-0.2, -0.15) is 0 Å². The van der Waals surface area contributed by atoms with E-state index in [0.29, 0.717) is 6.04 Å². The van der Waals surface area contributed by atoms with Crippen molar-refractivity contribution in [3.8, 4) is 10.6 Å². The van der Waals surface area contributed by atoms with Gasteiger partial charge in [-0.05, 0) is 19.1 Å². The fraction of sp³-hybridized carbons (Fsp3) is 0.400. The molecule has 21 heavy (non-hydrogen) atoms. The topological polar surface area (TPSA) is 28.2 Å². The molecular formula is C15H19BrClN3S. The van der Waals surface area contributed by atoms with Crippen LogP contribution in [0.15, 0.2) is 34.9 Å². The van der Waals surface area contributed by atoms with Crippen molar-refractivity contribution in [2.45, 2.75) is 19.5 Å². The van der Waals surface area contributed by atoms with Gasteiger partial charge in [-0.25, -0.2) is 4.98 Å². The van der Waals surface area contributed by atoms with E-state index in [9.17, 15) is 0 Å². The van der Waals surface area contributed by atoms with Crippen molar-refractivity contribution in [1.82, 2.24) is 15.2 Å². The summed E-state index contributed by atoms with van der Waals surface area (Å²) >= 11 is 5.26. The van der Waals surface area contributed by atoms with Crippen LogP contribution >= 0.6 is 39.7 Å². The summed E-state index contributed by atoms with van der Waals surface area (Å²) in [7, 11) is 0. The minimum atomic E-state index is 0. The normalized spacial score (nSPS) is 19.2. The third-order valence-corrected chi connectivity index (χ3v) is 5.04. The second kappa shape index (κ2) is 7.70. The maximum absolute atomic E-state index is 4.56. The van der Waals surface area contributed by atoms with Crippen molar-refractivity contribution < 1.29 is 0 Å². The molecule has 0 saturated carbocycles. The highest BCUT2D eigenvalue weighted by Crippen LogP contribution is 2.27. The molecule has 0 radical (unpaired) electrons. The minimum absolute atomic E-state index is 0. The number of hydrogen-bond donors (Lipinski definition) is 1. The molecule has 2 aromatic rings. The summed E-state index contributed by atoms with van der Waals surface area (Å²) in [6, 6.07) is 8.93. The first-order chi connectivity index (χ1) is 9.70. The van der Waals surface area contributed by atoms with Crippen LogP contribution in [-0.4, -0.2) is 35.6 Å². The number of hydrogen-bond acceptors (Lipinski definition) is 4. The highest BCUT2D eigenvalue weighted by molar-refractivity contribution is 9.10. The number of benzene rings is 1. The summed E-state index contributed by atoms with van der Waals surface area (Å²) in [6.45, 7) is 6.58. The molecule has 0 bridgehead atoms. The summed E-state index contributed by atoms with van der Waals surface area (Å²) in [5, 5.41) is 4.58. The fourth-order valence-corrected chi connectivity index (χ4v) is 3.71. The lowest BCUT2D eigenvalue weighted by Crippen LogP contribution is -2.48. The lowest BCUT2D eigenvalue weighted by Gasteiger charge is -2.31. The van der Waals surface area contributed by atoms with Gasteiger partial charge in [0.1, 0.15) is 5.01 Å². The molecule has 2 heterocycles. The van der Waals surface area contributed by atoms with Crippen molar-refractivity contribution >= 4 is 39.7 Å². The lowest BCUT2D eigenvalue weighted by atomic mass is 10.2. The van der Waals surface area contributed by atoms with Crippen molar-refractivity contribution in [3.05, 3.63) is 39.8 Å². The van der Waals surface area contributed by atoms with E-state index in [2.05, 4.69) is 62.3 Å². The Bertz CT molecular complexity index is 573. The van der Waals surface area contributed by atoms with Gasteiger partial charge in [-0.15, -0.1) is 23.7 Å². The summed E-state index contributed by atoms with van der Waals surface area (Å²) < 4.78 is 1.10. The van der Waals surface area contributed by atoms with E-state index >= 15 is 0 Å². The van der Waals surface area contributed by atoms with Crippen LogP contribution in [0.1, 0.15) is 11.8 Å². The molecule has 0 spiro atoms. The van der Waals surface area contributed by atoms with Crippen molar-refractivity contribution in [3.63, 3.8) is 0 Å². The summed E-state index contributed by atoms with van der Waals surface area (Å²) in [5.74, 6) is 0. The predicted octanol–water partition coefficient (Wildman–Crippen LogP) is 3.79. The van der Waals surface area contributed by atoms with E-state index < -0.39 is 0 Å². The van der Waals surface area contributed by atoms with Gasteiger partial charge in [0.2, 0.25) is 0 Å². The van der Waals surface area contributed by atoms with Crippen LogP contribution in [0.25, 0.3) is 10.6 Å². The van der Waals surface area contributed by atoms with E-state index in [-0.39, 0.29) is 12.4 Å². The summed E-state index contributed by atoms with van der Waals surface area (Å²) in [4.78, 5) is 8.41.